The van der Waals surface area contributed by atoms with Gasteiger partial charge in [0, 0.05) is 23.6 Å². The molecule has 15 heavy (non-hydrogen) atoms. The SMILES string of the molecule is Clc1ccc(N=Cc2ccncc2)cc1. The lowest BCUT2D eigenvalue weighted by Gasteiger charge is -1.93. The van der Waals surface area contributed by atoms with E-state index in [9.17, 15) is 0 Å². The Kier molecular flexibility index (Phi) is 3.10. The van der Waals surface area contributed by atoms with E-state index in [1.807, 2.05) is 36.4 Å². The van der Waals surface area contributed by atoms with Crippen molar-refractivity contribution in [2.75, 3.05) is 0 Å². The van der Waals surface area contributed by atoms with Gasteiger partial charge in [-0.05, 0) is 42.0 Å². The predicted octanol–water partition coefficient (Wildman–Crippen LogP) is 3.49. The monoisotopic (exact) mass is 216 g/mol. The molecule has 0 fully saturated rings. The molecule has 0 aliphatic rings. The molecule has 2 aromatic rings. The fourth-order valence-corrected chi connectivity index (χ4v) is 1.25. The van der Waals surface area contributed by atoms with Crippen LogP contribution in [0.1, 0.15) is 5.56 Å². The van der Waals surface area contributed by atoms with Gasteiger partial charge in [0.15, 0.2) is 0 Å². The van der Waals surface area contributed by atoms with Crippen LogP contribution in [-0.4, -0.2) is 11.2 Å². The highest BCUT2D eigenvalue weighted by molar-refractivity contribution is 6.30. The van der Waals surface area contributed by atoms with Gasteiger partial charge in [-0.2, -0.15) is 0 Å². The second-order valence-electron chi connectivity index (χ2n) is 3.02. The molecule has 1 aromatic carbocycles. The first-order valence-corrected chi connectivity index (χ1v) is 4.92. The molecule has 0 atom stereocenters. The van der Waals surface area contributed by atoms with Crippen molar-refractivity contribution in [2.24, 2.45) is 4.99 Å². The second kappa shape index (κ2) is 4.71. The predicted molar refractivity (Wildman–Crippen MR) is 62.9 cm³/mol. The van der Waals surface area contributed by atoms with Crippen LogP contribution < -0.4 is 0 Å². The summed E-state index contributed by atoms with van der Waals surface area (Å²) in [5, 5.41) is 0.720. The summed E-state index contributed by atoms with van der Waals surface area (Å²) >= 11 is 5.77. The molecule has 2 rings (SSSR count). The highest BCUT2D eigenvalue weighted by Gasteiger charge is 1.89. The van der Waals surface area contributed by atoms with Crippen molar-refractivity contribution in [3.63, 3.8) is 0 Å². The maximum absolute atomic E-state index is 5.77. The Bertz CT molecular complexity index is 449. The van der Waals surface area contributed by atoms with Crippen molar-refractivity contribution in [1.29, 1.82) is 0 Å². The number of nitrogens with zero attached hydrogens (tertiary/aromatic N) is 2. The molecular formula is C12H9ClN2. The number of rotatable bonds is 2. The van der Waals surface area contributed by atoms with Crippen LogP contribution in [0.4, 0.5) is 5.69 Å². The number of hydrogen-bond donors (Lipinski definition) is 0. The quantitative estimate of drug-likeness (QED) is 0.706. The summed E-state index contributed by atoms with van der Waals surface area (Å²) in [4.78, 5) is 8.24. The normalized spacial score (nSPS) is 10.7. The van der Waals surface area contributed by atoms with Gasteiger partial charge in [-0.25, -0.2) is 0 Å². The molecule has 0 N–H and O–H groups in total. The summed E-state index contributed by atoms with van der Waals surface area (Å²) in [6, 6.07) is 11.2. The molecule has 0 saturated heterocycles. The molecule has 0 amide bonds. The molecule has 0 aliphatic carbocycles. The molecule has 0 bridgehead atoms. The molecule has 1 aromatic heterocycles. The first kappa shape index (κ1) is 9.87. The molecule has 0 spiro atoms. The summed E-state index contributed by atoms with van der Waals surface area (Å²) in [7, 11) is 0. The van der Waals surface area contributed by atoms with Crippen LogP contribution in [-0.2, 0) is 0 Å². The summed E-state index contributed by atoms with van der Waals surface area (Å²) in [5.74, 6) is 0. The van der Waals surface area contributed by atoms with Gasteiger partial charge in [-0.15, -0.1) is 0 Å². The van der Waals surface area contributed by atoms with Crippen molar-refractivity contribution >= 4 is 23.5 Å². The molecule has 0 aliphatic heterocycles. The Morgan fingerprint density at radius 3 is 2.33 bits per heavy atom. The minimum absolute atomic E-state index is 0.720. The second-order valence-corrected chi connectivity index (χ2v) is 3.45. The Morgan fingerprint density at radius 1 is 1.00 bits per heavy atom. The number of pyridine rings is 1. The van der Waals surface area contributed by atoms with Gasteiger partial charge in [0.2, 0.25) is 0 Å². The zero-order valence-electron chi connectivity index (χ0n) is 7.97. The topological polar surface area (TPSA) is 25.2 Å². The maximum Gasteiger partial charge on any atom is 0.0630 e. The fraction of sp³-hybridized carbons (Fsp3) is 0. The van der Waals surface area contributed by atoms with Crippen LogP contribution >= 0.6 is 11.6 Å². The highest BCUT2D eigenvalue weighted by atomic mass is 35.5. The van der Waals surface area contributed by atoms with E-state index in [4.69, 9.17) is 11.6 Å². The number of aliphatic imine (C=N–C) groups is 1. The van der Waals surface area contributed by atoms with Gasteiger partial charge in [0.1, 0.15) is 0 Å². The lowest BCUT2D eigenvalue weighted by atomic mass is 10.3. The summed E-state index contributed by atoms with van der Waals surface area (Å²) in [5.41, 5.74) is 1.91. The average Bonchev–Trinajstić information content (AvgIpc) is 2.30. The van der Waals surface area contributed by atoms with Crippen LogP contribution in [0.15, 0.2) is 53.8 Å². The zero-order valence-corrected chi connectivity index (χ0v) is 8.72. The molecule has 1 heterocycles. The van der Waals surface area contributed by atoms with E-state index >= 15 is 0 Å². The number of aromatic nitrogens is 1. The van der Waals surface area contributed by atoms with E-state index in [2.05, 4.69) is 9.98 Å². The van der Waals surface area contributed by atoms with Crippen LogP contribution in [0.2, 0.25) is 5.02 Å². The molecule has 0 saturated carbocycles. The number of halogens is 1. The van der Waals surface area contributed by atoms with Crippen LogP contribution in [0.25, 0.3) is 0 Å². The molecule has 74 valence electrons. The van der Waals surface area contributed by atoms with E-state index in [-0.39, 0.29) is 0 Å². The third-order valence-corrected chi connectivity index (χ3v) is 2.15. The molecule has 3 heteroatoms. The van der Waals surface area contributed by atoms with Crippen LogP contribution in [0, 0.1) is 0 Å². The first-order chi connectivity index (χ1) is 7.34. The van der Waals surface area contributed by atoms with Crippen molar-refractivity contribution < 1.29 is 0 Å². The molecule has 0 radical (unpaired) electrons. The number of benzene rings is 1. The van der Waals surface area contributed by atoms with Gasteiger partial charge in [0.05, 0.1) is 5.69 Å². The Labute approximate surface area is 93.3 Å². The fourth-order valence-electron chi connectivity index (χ4n) is 1.13. The van der Waals surface area contributed by atoms with E-state index in [1.54, 1.807) is 18.6 Å². The van der Waals surface area contributed by atoms with E-state index in [0.717, 1.165) is 16.3 Å². The highest BCUT2D eigenvalue weighted by Crippen LogP contribution is 2.15. The molecule has 2 nitrogen and oxygen atoms in total. The number of hydrogen-bond acceptors (Lipinski definition) is 2. The standard InChI is InChI=1S/C12H9ClN2/c13-11-1-3-12(4-2-11)15-9-10-5-7-14-8-6-10/h1-9H. The Morgan fingerprint density at radius 2 is 1.67 bits per heavy atom. The smallest absolute Gasteiger partial charge is 0.0630 e. The van der Waals surface area contributed by atoms with Gasteiger partial charge >= 0.3 is 0 Å². The lowest BCUT2D eigenvalue weighted by molar-refractivity contribution is 1.32. The Balaban J connectivity index is 2.15. The van der Waals surface area contributed by atoms with Crippen LogP contribution in [0.3, 0.4) is 0 Å². The molecule has 0 unspecified atom stereocenters. The van der Waals surface area contributed by atoms with Gasteiger partial charge in [-0.1, -0.05) is 11.6 Å². The van der Waals surface area contributed by atoms with Crippen molar-refractivity contribution in [3.8, 4) is 0 Å². The third kappa shape index (κ3) is 2.89. The molecular weight excluding hydrogens is 208 g/mol. The zero-order chi connectivity index (χ0) is 10.5. The van der Waals surface area contributed by atoms with Crippen LogP contribution in [0.5, 0.6) is 0 Å². The minimum Gasteiger partial charge on any atom is -0.265 e. The van der Waals surface area contributed by atoms with Gasteiger partial charge < -0.3 is 0 Å². The summed E-state index contributed by atoms with van der Waals surface area (Å²) in [6.45, 7) is 0. The van der Waals surface area contributed by atoms with Crippen molar-refractivity contribution in [1.82, 2.24) is 4.98 Å². The Hall–Kier alpha value is -1.67. The maximum atomic E-state index is 5.77. The first-order valence-electron chi connectivity index (χ1n) is 4.54. The summed E-state index contributed by atoms with van der Waals surface area (Å²) in [6.07, 6.45) is 5.28. The minimum atomic E-state index is 0.720. The summed E-state index contributed by atoms with van der Waals surface area (Å²) < 4.78 is 0. The van der Waals surface area contributed by atoms with Crippen molar-refractivity contribution in [3.05, 3.63) is 59.4 Å². The lowest BCUT2D eigenvalue weighted by Crippen LogP contribution is -1.79. The largest absolute Gasteiger partial charge is 0.265 e. The average molecular weight is 217 g/mol. The van der Waals surface area contributed by atoms with E-state index in [0.29, 0.717) is 0 Å². The van der Waals surface area contributed by atoms with E-state index < -0.39 is 0 Å². The van der Waals surface area contributed by atoms with Gasteiger partial charge in [0.25, 0.3) is 0 Å². The third-order valence-electron chi connectivity index (χ3n) is 1.90. The van der Waals surface area contributed by atoms with Gasteiger partial charge in [-0.3, -0.25) is 9.98 Å². The van der Waals surface area contributed by atoms with E-state index in [1.165, 1.54) is 0 Å². The van der Waals surface area contributed by atoms with Crippen molar-refractivity contribution in [2.45, 2.75) is 0 Å².